The summed E-state index contributed by atoms with van der Waals surface area (Å²) in [5.41, 5.74) is 6.01. The van der Waals surface area contributed by atoms with Crippen LogP contribution in [0.15, 0.2) is 18.2 Å². The van der Waals surface area contributed by atoms with Crippen molar-refractivity contribution in [3.05, 3.63) is 28.9 Å². The molecule has 1 aliphatic rings. The summed E-state index contributed by atoms with van der Waals surface area (Å²) < 4.78 is 5.23. The van der Waals surface area contributed by atoms with Crippen LogP contribution in [0.5, 0.6) is 5.75 Å². The van der Waals surface area contributed by atoms with E-state index >= 15 is 0 Å². The minimum absolute atomic E-state index is 0.103. The van der Waals surface area contributed by atoms with Gasteiger partial charge < -0.3 is 31.4 Å². The number of rotatable bonds is 9. The van der Waals surface area contributed by atoms with Gasteiger partial charge in [-0.05, 0) is 43.2 Å². The second kappa shape index (κ2) is 11.2. The van der Waals surface area contributed by atoms with Crippen molar-refractivity contribution in [2.24, 2.45) is 17.1 Å². The van der Waals surface area contributed by atoms with E-state index in [0.29, 0.717) is 41.1 Å². The maximum atomic E-state index is 13.3. The number of aromatic nitrogens is 1. The molecule has 1 aliphatic heterocycles. The number of nitrogens with two attached hydrogens (primary N) is 1. The Balaban J connectivity index is 1.78. The van der Waals surface area contributed by atoms with Gasteiger partial charge in [-0.1, -0.05) is 32.4 Å². The van der Waals surface area contributed by atoms with Crippen LogP contribution in [-0.4, -0.2) is 54.4 Å². The van der Waals surface area contributed by atoms with Gasteiger partial charge in [0.15, 0.2) is 0 Å². The molecule has 11 heteroatoms. The van der Waals surface area contributed by atoms with Crippen molar-refractivity contribution in [1.82, 2.24) is 20.9 Å². The van der Waals surface area contributed by atoms with Crippen LogP contribution in [0.4, 0.5) is 0 Å². The molecule has 10 nitrogen and oxygen atoms in total. The highest BCUT2D eigenvalue weighted by atomic mass is 35.5. The van der Waals surface area contributed by atoms with Gasteiger partial charge in [-0.25, -0.2) is 0 Å². The second-order valence-corrected chi connectivity index (χ2v) is 10.8. The zero-order valence-corrected chi connectivity index (χ0v) is 21.8. The SMILES string of the molecule is COc1cc(Cl)c2[nH]c(C(=O)N[C@@H](CC(C)(C)C)C(=O)N[C@@H](C[C@@H]3CCCNC3=O)C(N)=O)cc2c1. The summed E-state index contributed by atoms with van der Waals surface area (Å²) in [6.45, 7) is 6.40. The molecular formula is C25H34ClN5O5. The molecule has 1 aromatic heterocycles. The fourth-order valence-electron chi connectivity index (χ4n) is 4.34. The molecule has 1 aromatic carbocycles. The highest BCUT2D eigenvalue weighted by Gasteiger charge is 2.33. The van der Waals surface area contributed by atoms with Gasteiger partial charge in [-0.15, -0.1) is 0 Å². The smallest absolute Gasteiger partial charge is 0.268 e. The maximum Gasteiger partial charge on any atom is 0.268 e. The Kier molecular flexibility index (Phi) is 8.50. The lowest BCUT2D eigenvalue weighted by molar-refractivity contribution is -0.131. The Labute approximate surface area is 215 Å². The number of carbonyl (C=O) groups is 4. The number of nitrogens with one attached hydrogen (secondary N) is 4. The minimum atomic E-state index is -1.04. The molecule has 36 heavy (non-hydrogen) atoms. The number of primary amides is 1. The van der Waals surface area contributed by atoms with Gasteiger partial charge in [-0.3, -0.25) is 19.2 Å². The monoisotopic (exact) mass is 519 g/mol. The zero-order valence-electron chi connectivity index (χ0n) is 21.0. The molecule has 0 spiro atoms. The van der Waals surface area contributed by atoms with E-state index in [-0.39, 0.29) is 23.4 Å². The number of halogens is 1. The Hall–Kier alpha value is -3.27. The predicted molar refractivity (Wildman–Crippen MR) is 137 cm³/mol. The first-order chi connectivity index (χ1) is 16.9. The fraction of sp³-hybridized carbons (Fsp3) is 0.520. The summed E-state index contributed by atoms with van der Waals surface area (Å²) in [7, 11) is 1.52. The molecule has 0 saturated carbocycles. The van der Waals surface area contributed by atoms with E-state index in [2.05, 4.69) is 20.9 Å². The van der Waals surface area contributed by atoms with E-state index in [9.17, 15) is 19.2 Å². The van der Waals surface area contributed by atoms with Crippen molar-refractivity contribution >= 4 is 46.1 Å². The highest BCUT2D eigenvalue weighted by Crippen LogP contribution is 2.29. The van der Waals surface area contributed by atoms with E-state index in [0.717, 1.165) is 6.42 Å². The molecule has 196 valence electrons. The minimum Gasteiger partial charge on any atom is -0.497 e. The first-order valence-corrected chi connectivity index (χ1v) is 12.3. The van der Waals surface area contributed by atoms with Crippen molar-refractivity contribution in [3.8, 4) is 5.75 Å². The van der Waals surface area contributed by atoms with E-state index < -0.39 is 35.7 Å². The fourth-order valence-corrected chi connectivity index (χ4v) is 4.60. The summed E-state index contributed by atoms with van der Waals surface area (Å²) >= 11 is 6.30. The zero-order chi connectivity index (χ0) is 26.6. The molecular weight excluding hydrogens is 486 g/mol. The summed E-state index contributed by atoms with van der Waals surface area (Å²) in [6.07, 6.45) is 1.81. The molecule has 1 saturated heterocycles. The number of ether oxygens (including phenoxy) is 1. The topological polar surface area (TPSA) is 155 Å². The molecule has 6 N–H and O–H groups in total. The van der Waals surface area contributed by atoms with Crippen LogP contribution >= 0.6 is 11.6 Å². The third kappa shape index (κ3) is 6.90. The van der Waals surface area contributed by atoms with Crippen LogP contribution in [0.2, 0.25) is 5.02 Å². The number of methoxy groups -OCH3 is 1. The molecule has 0 aliphatic carbocycles. The summed E-state index contributed by atoms with van der Waals surface area (Å²) in [4.78, 5) is 53.6. The van der Waals surface area contributed by atoms with Gasteiger partial charge in [0.05, 0.1) is 17.6 Å². The lowest BCUT2D eigenvalue weighted by atomic mass is 9.87. The molecule has 2 aromatic rings. The number of amides is 4. The Bertz CT molecular complexity index is 1160. The molecule has 2 heterocycles. The molecule has 0 bridgehead atoms. The molecule has 3 rings (SSSR count). The lowest BCUT2D eigenvalue weighted by Gasteiger charge is -2.29. The second-order valence-electron chi connectivity index (χ2n) is 10.4. The number of hydrogen-bond acceptors (Lipinski definition) is 5. The summed E-state index contributed by atoms with van der Waals surface area (Å²) in [5.74, 6) is -1.81. The van der Waals surface area contributed by atoms with Gasteiger partial charge in [-0.2, -0.15) is 0 Å². The maximum absolute atomic E-state index is 13.3. The van der Waals surface area contributed by atoms with Crippen molar-refractivity contribution in [2.75, 3.05) is 13.7 Å². The molecule has 1 fully saturated rings. The molecule has 3 atom stereocenters. The average Bonchev–Trinajstić information content (AvgIpc) is 3.23. The van der Waals surface area contributed by atoms with Gasteiger partial charge in [0.25, 0.3) is 5.91 Å². The third-order valence-corrected chi connectivity index (χ3v) is 6.45. The quantitative estimate of drug-likeness (QED) is 0.343. The van der Waals surface area contributed by atoms with Crippen LogP contribution in [0.25, 0.3) is 10.9 Å². The Morgan fingerprint density at radius 3 is 2.53 bits per heavy atom. The molecule has 0 unspecified atom stereocenters. The van der Waals surface area contributed by atoms with E-state index in [1.807, 2.05) is 20.8 Å². The summed E-state index contributed by atoms with van der Waals surface area (Å²) in [5, 5.41) is 9.27. The van der Waals surface area contributed by atoms with Gasteiger partial charge >= 0.3 is 0 Å². The number of piperidine rings is 1. The van der Waals surface area contributed by atoms with E-state index in [1.54, 1.807) is 18.2 Å². The first-order valence-electron chi connectivity index (χ1n) is 11.9. The largest absolute Gasteiger partial charge is 0.497 e. The average molecular weight is 520 g/mol. The Morgan fingerprint density at radius 2 is 1.92 bits per heavy atom. The van der Waals surface area contributed by atoms with Crippen molar-refractivity contribution in [1.29, 1.82) is 0 Å². The van der Waals surface area contributed by atoms with Gasteiger partial charge in [0.1, 0.15) is 23.5 Å². The number of fused-ring (bicyclic) bond motifs is 1. The third-order valence-electron chi connectivity index (χ3n) is 6.15. The van der Waals surface area contributed by atoms with Crippen LogP contribution in [0.1, 0.15) is 56.9 Å². The number of hydrogen-bond donors (Lipinski definition) is 5. The number of H-pyrrole nitrogens is 1. The Morgan fingerprint density at radius 1 is 1.19 bits per heavy atom. The van der Waals surface area contributed by atoms with Crippen molar-refractivity contribution in [2.45, 2.75) is 58.5 Å². The van der Waals surface area contributed by atoms with Crippen LogP contribution in [0, 0.1) is 11.3 Å². The number of carbonyl (C=O) groups excluding carboxylic acids is 4. The highest BCUT2D eigenvalue weighted by molar-refractivity contribution is 6.35. The van der Waals surface area contributed by atoms with Gasteiger partial charge in [0, 0.05) is 23.9 Å². The van der Waals surface area contributed by atoms with Crippen LogP contribution in [0.3, 0.4) is 0 Å². The van der Waals surface area contributed by atoms with Crippen LogP contribution < -0.4 is 26.4 Å². The van der Waals surface area contributed by atoms with Crippen molar-refractivity contribution in [3.63, 3.8) is 0 Å². The van der Waals surface area contributed by atoms with Crippen molar-refractivity contribution < 1.29 is 23.9 Å². The number of benzene rings is 1. The normalized spacial score (nSPS) is 17.7. The van der Waals surface area contributed by atoms with E-state index in [1.165, 1.54) is 7.11 Å². The first kappa shape index (κ1) is 27.3. The van der Waals surface area contributed by atoms with Crippen LogP contribution in [-0.2, 0) is 14.4 Å². The van der Waals surface area contributed by atoms with Gasteiger partial charge in [0.2, 0.25) is 17.7 Å². The molecule has 4 amide bonds. The summed E-state index contributed by atoms with van der Waals surface area (Å²) in [6, 6.07) is 3.02. The lowest BCUT2D eigenvalue weighted by Crippen LogP contribution is -2.55. The molecule has 0 radical (unpaired) electrons. The van der Waals surface area contributed by atoms with E-state index in [4.69, 9.17) is 22.1 Å². The standard InChI is InChI=1S/C25H34ClN5O5/c1-25(2,3)12-19(24(35)30-17(21(27)32)9-13-6-5-7-28-22(13)33)31-23(34)18-10-14-8-15(36-4)11-16(26)20(14)29-18/h8,10-11,13,17,19,29H,5-7,9,12H2,1-4H3,(H2,27,32)(H,28,33)(H,30,35)(H,31,34)/t13-,17-,19-/m0/s1. The number of aromatic amines is 1. The predicted octanol–water partition coefficient (Wildman–Crippen LogP) is 2.25.